The number of rotatable bonds is 2. The average Bonchev–Trinajstić information content (AvgIpc) is 2.84. The van der Waals surface area contributed by atoms with Gasteiger partial charge in [-0.2, -0.15) is 10.1 Å². The molecule has 0 fully saturated rings. The minimum Gasteiger partial charge on any atom is -0.320 e. The lowest BCUT2D eigenvalue weighted by Gasteiger charge is -1.93. The van der Waals surface area contributed by atoms with Crippen LogP contribution in [0.25, 0.3) is 5.65 Å². The van der Waals surface area contributed by atoms with Crippen LogP contribution in [0.15, 0.2) is 30.7 Å². The molecule has 0 unspecified atom stereocenters. The Morgan fingerprint density at radius 1 is 1.35 bits per heavy atom. The summed E-state index contributed by atoms with van der Waals surface area (Å²) >= 11 is 0. The summed E-state index contributed by atoms with van der Waals surface area (Å²) in [7, 11) is 1.87. The highest BCUT2D eigenvalue weighted by Gasteiger charge is 2.04. The van der Waals surface area contributed by atoms with Gasteiger partial charge in [0, 0.05) is 19.4 Å². The van der Waals surface area contributed by atoms with Gasteiger partial charge in [0.1, 0.15) is 0 Å². The van der Waals surface area contributed by atoms with Gasteiger partial charge in [-0.05, 0) is 24.6 Å². The zero-order valence-electron chi connectivity index (χ0n) is 9.62. The first-order chi connectivity index (χ1) is 8.20. The van der Waals surface area contributed by atoms with Gasteiger partial charge < -0.3 is 5.32 Å². The molecule has 3 rings (SSSR count). The van der Waals surface area contributed by atoms with Crippen molar-refractivity contribution in [3.63, 3.8) is 0 Å². The molecule has 17 heavy (non-hydrogen) atoms. The van der Waals surface area contributed by atoms with E-state index in [2.05, 4.69) is 20.5 Å². The molecule has 0 spiro atoms. The molecule has 0 atom stereocenters. The maximum absolute atomic E-state index is 4.38. The molecule has 0 aliphatic rings. The number of nitrogens with one attached hydrogen (secondary N) is 1. The molecule has 0 saturated heterocycles. The molecule has 0 aliphatic heterocycles. The van der Waals surface area contributed by atoms with Crippen molar-refractivity contribution in [3.8, 4) is 0 Å². The Morgan fingerprint density at radius 3 is 3.00 bits per heavy atom. The topological polar surface area (TPSA) is 60.0 Å². The van der Waals surface area contributed by atoms with Crippen LogP contribution in [0.2, 0.25) is 0 Å². The Kier molecular flexibility index (Phi) is 2.07. The monoisotopic (exact) mass is 228 g/mol. The van der Waals surface area contributed by atoms with Crippen molar-refractivity contribution in [2.24, 2.45) is 7.05 Å². The molecule has 0 aromatic carbocycles. The van der Waals surface area contributed by atoms with E-state index in [9.17, 15) is 0 Å². The summed E-state index contributed by atoms with van der Waals surface area (Å²) in [4.78, 5) is 4.38. The van der Waals surface area contributed by atoms with Gasteiger partial charge in [0.15, 0.2) is 5.65 Å². The maximum atomic E-state index is 4.38. The molecular formula is C11H12N6. The van der Waals surface area contributed by atoms with Gasteiger partial charge in [-0.1, -0.05) is 0 Å². The molecule has 6 heteroatoms. The molecule has 86 valence electrons. The van der Waals surface area contributed by atoms with E-state index in [4.69, 9.17) is 0 Å². The van der Waals surface area contributed by atoms with Gasteiger partial charge in [0.25, 0.3) is 0 Å². The highest BCUT2D eigenvalue weighted by molar-refractivity contribution is 5.54. The third-order valence-corrected chi connectivity index (χ3v) is 2.45. The average molecular weight is 228 g/mol. The molecule has 1 N–H and O–H groups in total. The number of nitrogens with zero attached hydrogens (tertiary/aromatic N) is 5. The molecule has 0 bridgehead atoms. The van der Waals surface area contributed by atoms with Gasteiger partial charge in [0.05, 0.1) is 11.9 Å². The summed E-state index contributed by atoms with van der Waals surface area (Å²) in [6.45, 7) is 2.03. The maximum Gasteiger partial charge on any atom is 0.247 e. The first-order valence-corrected chi connectivity index (χ1v) is 5.29. The van der Waals surface area contributed by atoms with E-state index in [1.165, 1.54) is 0 Å². The Hall–Kier alpha value is -2.37. The van der Waals surface area contributed by atoms with Crippen LogP contribution < -0.4 is 5.32 Å². The summed E-state index contributed by atoms with van der Waals surface area (Å²) in [5.74, 6) is 0.573. The van der Waals surface area contributed by atoms with Crippen LogP contribution in [0.3, 0.4) is 0 Å². The second-order valence-corrected chi connectivity index (χ2v) is 3.97. The SMILES string of the molecule is Cc1ccn2nc(Nc3cnn(C)c3)nc2c1. The standard InChI is InChI=1S/C11H12N6/c1-8-3-4-17-10(5-8)14-11(15-17)13-9-6-12-16(2)7-9/h3-7H,1-2H3,(H,13,15). The molecule has 0 aliphatic carbocycles. The lowest BCUT2D eigenvalue weighted by molar-refractivity contribution is 0.768. The van der Waals surface area contributed by atoms with E-state index < -0.39 is 0 Å². The van der Waals surface area contributed by atoms with E-state index in [1.54, 1.807) is 15.4 Å². The molecule has 0 amide bonds. The number of aryl methyl sites for hydroxylation is 2. The molecule has 6 nitrogen and oxygen atoms in total. The fourth-order valence-electron chi connectivity index (χ4n) is 1.65. The highest BCUT2D eigenvalue weighted by atomic mass is 15.4. The predicted molar refractivity (Wildman–Crippen MR) is 64.2 cm³/mol. The van der Waals surface area contributed by atoms with Gasteiger partial charge in [-0.25, -0.2) is 4.52 Å². The Labute approximate surface area is 97.9 Å². The van der Waals surface area contributed by atoms with Crippen molar-refractivity contribution < 1.29 is 0 Å². The van der Waals surface area contributed by atoms with E-state index in [-0.39, 0.29) is 0 Å². The second-order valence-electron chi connectivity index (χ2n) is 3.97. The van der Waals surface area contributed by atoms with E-state index in [1.807, 2.05) is 38.5 Å². The number of aromatic nitrogens is 5. The molecule has 3 aromatic heterocycles. The lowest BCUT2D eigenvalue weighted by Crippen LogP contribution is -1.92. The first-order valence-electron chi connectivity index (χ1n) is 5.29. The second kappa shape index (κ2) is 3.58. The first kappa shape index (κ1) is 9.83. The molecule has 0 radical (unpaired) electrons. The van der Waals surface area contributed by atoms with Crippen molar-refractivity contribution in [2.75, 3.05) is 5.32 Å². The van der Waals surface area contributed by atoms with E-state index >= 15 is 0 Å². The van der Waals surface area contributed by atoms with Crippen LogP contribution in [0.5, 0.6) is 0 Å². The van der Waals surface area contributed by atoms with E-state index in [0.717, 1.165) is 16.9 Å². The quantitative estimate of drug-likeness (QED) is 0.722. The number of fused-ring (bicyclic) bond motifs is 1. The zero-order chi connectivity index (χ0) is 11.8. The van der Waals surface area contributed by atoms with Crippen molar-refractivity contribution in [2.45, 2.75) is 6.92 Å². The van der Waals surface area contributed by atoms with Gasteiger partial charge >= 0.3 is 0 Å². The number of hydrogen-bond acceptors (Lipinski definition) is 4. The van der Waals surface area contributed by atoms with Gasteiger partial charge in [0.2, 0.25) is 5.95 Å². The highest BCUT2D eigenvalue weighted by Crippen LogP contribution is 2.13. The zero-order valence-corrected chi connectivity index (χ0v) is 9.62. The normalized spacial score (nSPS) is 10.9. The summed E-state index contributed by atoms with van der Waals surface area (Å²) in [6.07, 6.45) is 5.50. The van der Waals surface area contributed by atoms with E-state index in [0.29, 0.717) is 5.95 Å². The molecule has 3 aromatic rings. The fourth-order valence-corrected chi connectivity index (χ4v) is 1.65. The van der Waals surface area contributed by atoms with Crippen LogP contribution in [0.4, 0.5) is 11.6 Å². The third-order valence-electron chi connectivity index (χ3n) is 2.45. The summed E-state index contributed by atoms with van der Waals surface area (Å²) < 4.78 is 3.47. The number of hydrogen-bond donors (Lipinski definition) is 1. The Bertz CT molecular complexity index is 665. The minimum absolute atomic E-state index is 0.573. The predicted octanol–water partition coefficient (Wildman–Crippen LogP) is 1.51. The van der Waals surface area contributed by atoms with Crippen LogP contribution in [0.1, 0.15) is 5.56 Å². The Morgan fingerprint density at radius 2 is 2.24 bits per heavy atom. The van der Waals surface area contributed by atoms with Crippen molar-refractivity contribution in [1.82, 2.24) is 24.4 Å². The van der Waals surface area contributed by atoms with Crippen molar-refractivity contribution in [3.05, 3.63) is 36.3 Å². The smallest absolute Gasteiger partial charge is 0.247 e. The number of anilines is 2. The summed E-state index contributed by atoms with van der Waals surface area (Å²) in [5, 5.41) is 11.5. The molecule has 3 heterocycles. The van der Waals surface area contributed by atoms with Crippen LogP contribution >= 0.6 is 0 Å². The summed E-state index contributed by atoms with van der Waals surface area (Å²) in [5.41, 5.74) is 2.87. The minimum atomic E-state index is 0.573. The van der Waals surface area contributed by atoms with Crippen molar-refractivity contribution >= 4 is 17.3 Å². The van der Waals surface area contributed by atoms with Crippen LogP contribution in [-0.2, 0) is 7.05 Å². The number of pyridine rings is 1. The molecular weight excluding hydrogens is 216 g/mol. The van der Waals surface area contributed by atoms with Crippen molar-refractivity contribution in [1.29, 1.82) is 0 Å². The molecule has 0 saturated carbocycles. The van der Waals surface area contributed by atoms with Crippen LogP contribution in [0, 0.1) is 6.92 Å². The van der Waals surface area contributed by atoms with Gasteiger partial charge in [-0.15, -0.1) is 5.10 Å². The third kappa shape index (κ3) is 1.84. The van der Waals surface area contributed by atoms with Gasteiger partial charge in [-0.3, -0.25) is 4.68 Å². The largest absolute Gasteiger partial charge is 0.320 e. The summed E-state index contributed by atoms with van der Waals surface area (Å²) in [6, 6.07) is 3.98. The Balaban J connectivity index is 1.95. The van der Waals surface area contributed by atoms with Crippen LogP contribution in [-0.4, -0.2) is 24.4 Å². The fraction of sp³-hybridized carbons (Fsp3) is 0.182. The lowest BCUT2D eigenvalue weighted by atomic mass is 10.3.